The summed E-state index contributed by atoms with van der Waals surface area (Å²) in [4.78, 5) is 31.6. The fourth-order valence-corrected chi connectivity index (χ4v) is 4.67. The number of halogens is 1. The molecule has 0 radical (unpaired) electrons. The van der Waals surface area contributed by atoms with Gasteiger partial charge in [0.15, 0.2) is 0 Å². The molecule has 2 aromatic rings. The number of nitrogens with zero attached hydrogens (tertiary/aromatic N) is 3. The molecule has 0 aliphatic heterocycles. The maximum atomic E-state index is 13.0. The summed E-state index contributed by atoms with van der Waals surface area (Å²) in [5.41, 5.74) is 2.51. The molecule has 0 spiro atoms. The van der Waals surface area contributed by atoms with Crippen LogP contribution in [-0.2, 0) is 24.2 Å². The topological polar surface area (TPSA) is 67.2 Å². The molecule has 8 heteroatoms. The van der Waals surface area contributed by atoms with Gasteiger partial charge >= 0.3 is 5.69 Å². The summed E-state index contributed by atoms with van der Waals surface area (Å²) in [7, 11) is 0. The smallest absolute Gasteiger partial charge is 0.325 e. The molecule has 1 aromatic carbocycles. The molecule has 1 aromatic heterocycles. The molecule has 6 nitrogen and oxygen atoms in total. The molecule has 0 saturated carbocycles. The Morgan fingerprint density at radius 3 is 2.67 bits per heavy atom. The van der Waals surface area contributed by atoms with E-state index in [1.807, 2.05) is 4.57 Å². The highest BCUT2D eigenvalue weighted by atomic mass is 32.2. The monoisotopic (exact) mass is 432 g/mol. The minimum Gasteiger partial charge on any atom is -0.325 e. The van der Waals surface area contributed by atoms with Crippen molar-refractivity contribution >= 4 is 23.4 Å². The van der Waals surface area contributed by atoms with E-state index in [0.717, 1.165) is 56.6 Å². The van der Waals surface area contributed by atoms with Crippen molar-refractivity contribution in [3.05, 3.63) is 51.8 Å². The van der Waals surface area contributed by atoms with Gasteiger partial charge in [-0.25, -0.2) is 9.18 Å². The second-order valence-corrected chi connectivity index (χ2v) is 8.32. The maximum Gasteiger partial charge on any atom is 0.348 e. The second kappa shape index (κ2) is 10.7. The van der Waals surface area contributed by atoms with Gasteiger partial charge in [-0.15, -0.1) is 0 Å². The van der Waals surface area contributed by atoms with E-state index in [0.29, 0.717) is 17.3 Å². The Morgan fingerprint density at radius 2 is 1.97 bits per heavy atom. The molecule has 0 unspecified atom stereocenters. The van der Waals surface area contributed by atoms with Gasteiger partial charge in [-0.1, -0.05) is 25.6 Å². The number of anilines is 1. The van der Waals surface area contributed by atoms with Crippen LogP contribution in [-0.4, -0.2) is 45.7 Å². The van der Waals surface area contributed by atoms with Crippen molar-refractivity contribution in [1.29, 1.82) is 0 Å². The molecule has 0 fully saturated rings. The van der Waals surface area contributed by atoms with Crippen molar-refractivity contribution in [2.75, 3.05) is 30.7 Å². The minimum absolute atomic E-state index is 0.155. The van der Waals surface area contributed by atoms with Crippen molar-refractivity contribution in [2.24, 2.45) is 0 Å². The van der Waals surface area contributed by atoms with Gasteiger partial charge in [-0.3, -0.25) is 9.36 Å². The molecule has 1 aliphatic rings. The summed E-state index contributed by atoms with van der Waals surface area (Å²) in [5, 5.41) is 3.41. The third kappa shape index (κ3) is 5.70. The van der Waals surface area contributed by atoms with Crippen LogP contribution in [0.4, 0.5) is 10.1 Å². The van der Waals surface area contributed by atoms with Crippen molar-refractivity contribution in [1.82, 2.24) is 14.5 Å². The Bertz CT molecular complexity index is 926. The van der Waals surface area contributed by atoms with Crippen LogP contribution in [0.5, 0.6) is 0 Å². The molecule has 1 N–H and O–H groups in total. The number of benzene rings is 1. The van der Waals surface area contributed by atoms with Crippen LogP contribution in [0.2, 0.25) is 0 Å². The minimum atomic E-state index is -0.347. The average molecular weight is 433 g/mol. The lowest BCUT2D eigenvalue weighted by atomic mass is 10.2. The zero-order chi connectivity index (χ0) is 21.5. The molecular formula is C22H29FN4O2S. The highest BCUT2D eigenvalue weighted by molar-refractivity contribution is 8.00. The van der Waals surface area contributed by atoms with E-state index in [-0.39, 0.29) is 23.2 Å². The number of rotatable bonds is 10. The molecular weight excluding hydrogens is 403 g/mol. The predicted octanol–water partition coefficient (Wildman–Crippen LogP) is 3.33. The normalized spacial score (nSPS) is 12.9. The third-order valence-corrected chi connectivity index (χ3v) is 6.44. The molecule has 1 amide bonds. The number of carbonyl (C=O) groups is 1. The largest absolute Gasteiger partial charge is 0.348 e. The lowest BCUT2D eigenvalue weighted by Gasteiger charge is -2.19. The van der Waals surface area contributed by atoms with E-state index < -0.39 is 0 Å². The van der Waals surface area contributed by atoms with Crippen LogP contribution in [0.25, 0.3) is 0 Å². The van der Waals surface area contributed by atoms with Crippen LogP contribution in [0.3, 0.4) is 0 Å². The van der Waals surface area contributed by atoms with Gasteiger partial charge in [0, 0.05) is 23.5 Å². The molecule has 1 heterocycles. The Kier molecular flexibility index (Phi) is 8.04. The van der Waals surface area contributed by atoms with Gasteiger partial charge in [0.1, 0.15) is 10.8 Å². The summed E-state index contributed by atoms with van der Waals surface area (Å²) in [6, 6.07) is 5.65. The van der Waals surface area contributed by atoms with Crippen molar-refractivity contribution in [2.45, 2.75) is 51.1 Å². The summed E-state index contributed by atoms with van der Waals surface area (Å²) in [6.07, 6.45) is 3.70. The summed E-state index contributed by atoms with van der Waals surface area (Å²) in [5.74, 6) is -0.397. The van der Waals surface area contributed by atoms with Crippen LogP contribution in [0.1, 0.15) is 37.9 Å². The average Bonchev–Trinajstić information content (AvgIpc) is 3.23. The fourth-order valence-electron chi connectivity index (χ4n) is 3.79. The predicted molar refractivity (Wildman–Crippen MR) is 119 cm³/mol. The molecule has 0 atom stereocenters. The highest BCUT2D eigenvalue weighted by Gasteiger charge is 2.22. The van der Waals surface area contributed by atoms with Gasteiger partial charge < -0.3 is 10.2 Å². The molecule has 0 bridgehead atoms. The summed E-state index contributed by atoms with van der Waals surface area (Å²) in [6.45, 7) is 7.96. The number of thioether (sulfide) groups is 1. The summed E-state index contributed by atoms with van der Waals surface area (Å²) < 4.78 is 14.8. The number of aromatic nitrogens is 2. The Morgan fingerprint density at radius 1 is 1.23 bits per heavy atom. The lowest BCUT2D eigenvalue weighted by molar-refractivity contribution is -0.113. The number of fused-ring (bicyclic) bond motifs is 1. The fraction of sp³-hybridized carbons (Fsp3) is 0.500. The quantitative estimate of drug-likeness (QED) is 0.461. The van der Waals surface area contributed by atoms with Gasteiger partial charge in [0.25, 0.3) is 0 Å². The van der Waals surface area contributed by atoms with E-state index in [1.54, 1.807) is 0 Å². The molecule has 162 valence electrons. The maximum absolute atomic E-state index is 13.0. The van der Waals surface area contributed by atoms with E-state index in [2.05, 4.69) is 29.0 Å². The van der Waals surface area contributed by atoms with E-state index in [9.17, 15) is 14.0 Å². The number of carbonyl (C=O) groups excluding carboxylic acids is 1. The van der Waals surface area contributed by atoms with Crippen molar-refractivity contribution < 1.29 is 9.18 Å². The second-order valence-electron chi connectivity index (χ2n) is 7.35. The number of hydrogen-bond donors (Lipinski definition) is 1. The van der Waals surface area contributed by atoms with Crippen molar-refractivity contribution in [3.8, 4) is 0 Å². The number of hydrogen-bond acceptors (Lipinski definition) is 5. The van der Waals surface area contributed by atoms with Gasteiger partial charge in [0.2, 0.25) is 5.91 Å². The summed E-state index contributed by atoms with van der Waals surface area (Å²) >= 11 is 1.30. The highest BCUT2D eigenvalue weighted by Crippen LogP contribution is 2.29. The first-order chi connectivity index (χ1) is 14.5. The number of nitrogens with one attached hydrogen (secondary N) is 1. The van der Waals surface area contributed by atoms with Gasteiger partial charge in [-0.05, 0) is 69.6 Å². The number of amides is 1. The van der Waals surface area contributed by atoms with Gasteiger partial charge in [-0.2, -0.15) is 4.98 Å². The van der Waals surface area contributed by atoms with Crippen molar-refractivity contribution in [3.63, 3.8) is 0 Å². The Hall–Kier alpha value is -2.19. The molecule has 0 saturated heterocycles. The third-order valence-electron chi connectivity index (χ3n) is 5.42. The Balaban J connectivity index is 1.64. The zero-order valence-electron chi connectivity index (χ0n) is 17.6. The standard InChI is InChI=1S/C22H29FN4O2S/c1-3-26(4-2)13-6-14-27-19-8-5-7-18(19)21(25-22(27)29)30-15-20(28)24-17-11-9-16(23)10-12-17/h9-12H,3-8,13-15H2,1-2H3,(H,24,28). The Labute approximate surface area is 180 Å². The van der Waals surface area contributed by atoms with Crippen LogP contribution < -0.4 is 11.0 Å². The van der Waals surface area contributed by atoms with Gasteiger partial charge in [0.05, 0.1) is 5.75 Å². The molecule has 1 aliphatic carbocycles. The first kappa shape index (κ1) is 22.5. The van der Waals surface area contributed by atoms with E-state index in [4.69, 9.17) is 0 Å². The SMILES string of the molecule is CCN(CC)CCCn1c2c(c(SCC(=O)Nc3ccc(F)cc3)nc1=O)CCC2. The molecule has 3 rings (SSSR count). The zero-order valence-corrected chi connectivity index (χ0v) is 18.4. The van der Waals surface area contributed by atoms with Crippen LogP contribution >= 0.6 is 11.8 Å². The van der Waals surface area contributed by atoms with E-state index in [1.165, 1.54) is 36.0 Å². The lowest BCUT2D eigenvalue weighted by Crippen LogP contribution is -2.30. The van der Waals surface area contributed by atoms with E-state index >= 15 is 0 Å². The first-order valence-corrected chi connectivity index (χ1v) is 11.5. The van der Waals surface area contributed by atoms with Crippen LogP contribution in [0, 0.1) is 5.82 Å². The first-order valence-electron chi connectivity index (χ1n) is 10.5. The molecule has 30 heavy (non-hydrogen) atoms. The van der Waals surface area contributed by atoms with Crippen LogP contribution in [0.15, 0.2) is 34.1 Å².